The van der Waals surface area contributed by atoms with Crippen molar-refractivity contribution in [2.24, 2.45) is 0 Å². The number of rotatable bonds is 4. The summed E-state index contributed by atoms with van der Waals surface area (Å²) in [4.78, 5) is 44.6. The molecule has 0 saturated heterocycles. The number of allylic oxidation sites excluding steroid dienone is 4. The molecule has 6 nitrogen and oxygen atoms in total. The second-order valence-electron chi connectivity index (χ2n) is 5.75. The standard InChI is InChI=1S/2C9H12O3.Cu/c2*1-2-6(10)9-7(11)4-3-5-8(9)12;/h2*11H,2-5H2,1H3;. The second kappa shape index (κ2) is 11.0. The van der Waals surface area contributed by atoms with Crippen molar-refractivity contribution in [3.8, 4) is 0 Å². The maximum Gasteiger partial charge on any atom is 0.169 e. The van der Waals surface area contributed by atoms with Gasteiger partial charge in [-0.3, -0.25) is 19.2 Å². The number of hydrogen-bond acceptors (Lipinski definition) is 6. The third-order valence-corrected chi connectivity index (χ3v) is 3.97. The molecule has 0 unspecified atom stereocenters. The van der Waals surface area contributed by atoms with E-state index >= 15 is 0 Å². The number of ketones is 4. The molecule has 0 spiro atoms. The molecule has 7 heteroatoms. The Bertz CT molecular complexity index is 561. The van der Waals surface area contributed by atoms with Gasteiger partial charge in [0.15, 0.2) is 23.1 Å². The Morgan fingerprint density at radius 1 is 0.760 bits per heavy atom. The van der Waals surface area contributed by atoms with Gasteiger partial charge in [0.1, 0.15) is 11.5 Å². The Kier molecular flexibility index (Phi) is 10.2. The molecule has 1 radical (unpaired) electrons. The van der Waals surface area contributed by atoms with Crippen LogP contribution in [0.1, 0.15) is 65.2 Å². The number of aliphatic hydroxyl groups is 2. The molecule has 2 rings (SSSR count). The van der Waals surface area contributed by atoms with Gasteiger partial charge in [0, 0.05) is 55.6 Å². The van der Waals surface area contributed by atoms with Crippen LogP contribution in [0.3, 0.4) is 0 Å². The monoisotopic (exact) mass is 399 g/mol. The molecule has 0 aromatic rings. The first-order chi connectivity index (χ1) is 11.3. The Balaban J connectivity index is 0.000000443. The minimum Gasteiger partial charge on any atom is -0.511 e. The summed E-state index contributed by atoms with van der Waals surface area (Å²) in [5.74, 6) is -0.915. The Morgan fingerprint density at radius 3 is 1.32 bits per heavy atom. The first kappa shape index (κ1) is 23.3. The largest absolute Gasteiger partial charge is 0.511 e. The van der Waals surface area contributed by atoms with E-state index in [1.165, 1.54) is 0 Å². The van der Waals surface area contributed by atoms with Crippen LogP contribution in [0.15, 0.2) is 22.7 Å². The number of hydrogen-bond donors (Lipinski definition) is 2. The molecule has 0 bridgehead atoms. The third-order valence-electron chi connectivity index (χ3n) is 3.97. The van der Waals surface area contributed by atoms with E-state index in [0.29, 0.717) is 38.5 Å². The molecule has 0 aromatic carbocycles. The van der Waals surface area contributed by atoms with Gasteiger partial charge in [-0.15, -0.1) is 0 Å². The van der Waals surface area contributed by atoms with E-state index in [4.69, 9.17) is 0 Å². The van der Waals surface area contributed by atoms with Crippen LogP contribution in [0.5, 0.6) is 0 Å². The van der Waals surface area contributed by atoms with Gasteiger partial charge in [0.2, 0.25) is 0 Å². The zero-order valence-corrected chi connectivity index (χ0v) is 15.4. The number of Topliss-reactive ketones (excluding diaryl/α,β-unsaturated/α-hetero) is 4. The van der Waals surface area contributed by atoms with Crippen molar-refractivity contribution in [2.75, 3.05) is 0 Å². The molecular weight excluding hydrogens is 376 g/mol. The maximum absolute atomic E-state index is 11.2. The molecule has 143 valence electrons. The topological polar surface area (TPSA) is 109 Å². The maximum atomic E-state index is 11.2. The van der Waals surface area contributed by atoms with E-state index in [-0.39, 0.29) is 75.7 Å². The van der Waals surface area contributed by atoms with Crippen LogP contribution in [-0.2, 0) is 36.2 Å². The molecule has 0 fully saturated rings. The first-order valence-corrected chi connectivity index (χ1v) is 8.30. The molecule has 25 heavy (non-hydrogen) atoms. The van der Waals surface area contributed by atoms with Gasteiger partial charge in [-0.2, -0.15) is 0 Å². The quantitative estimate of drug-likeness (QED) is 0.555. The van der Waals surface area contributed by atoms with E-state index < -0.39 is 0 Å². The molecule has 0 atom stereocenters. The number of carbonyl (C=O) groups is 4. The summed E-state index contributed by atoms with van der Waals surface area (Å²) < 4.78 is 0. The molecule has 0 saturated carbocycles. The fourth-order valence-corrected chi connectivity index (χ4v) is 2.64. The van der Waals surface area contributed by atoms with Crippen LogP contribution < -0.4 is 0 Å². The molecule has 2 N–H and O–H groups in total. The smallest absolute Gasteiger partial charge is 0.169 e. The van der Waals surface area contributed by atoms with Crippen molar-refractivity contribution in [1.29, 1.82) is 0 Å². The number of carbonyl (C=O) groups excluding carboxylic acids is 4. The van der Waals surface area contributed by atoms with Crippen LogP contribution in [0.25, 0.3) is 0 Å². The minimum atomic E-state index is -0.239. The summed E-state index contributed by atoms with van der Waals surface area (Å²) >= 11 is 0. The van der Waals surface area contributed by atoms with Crippen molar-refractivity contribution < 1.29 is 46.5 Å². The van der Waals surface area contributed by atoms with E-state index in [2.05, 4.69) is 0 Å². The van der Waals surface area contributed by atoms with Crippen molar-refractivity contribution in [3.63, 3.8) is 0 Å². The van der Waals surface area contributed by atoms with E-state index in [1.807, 2.05) is 0 Å². The minimum absolute atomic E-state index is 0. The van der Waals surface area contributed by atoms with Gasteiger partial charge in [0.05, 0.1) is 11.1 Å². The fourth-order valence-electron chi connectivity index (χ4n) is 2.64. The van der Waals surface area contributed by atoms with Crippen molar-refractivity contribution >= 4 is 23.1 Å². The normalized spacial score (nSPS) is 17.5. The summed E-state index contributed by atoms with van der Waals surface area (Å²) in [6, 6.07) is 0. The van der Waals surface area contributed by atoms with Crippen LogP contribution in [0.4, 0.5) is 0 Å². The predicted octanol–water partition coefficient (Wildman–Crippen LogP) is 3.06. The van der Waals surface area contributed by atoms with Gasteiger partial charge < -0.3 is 10.2 Å². The summed E-state index contributed by atoms with van der Waals surface area (Å²) in [6.45, 7) is 3.37. The van der Waals surface area contributed by atoms with E-state index in [1.54, 1.807) is 13.8 Å². The van der Waals surface area contributed by atoms with Gasteiger partial charge >= 0.3 is 0 Å². The Morgan fingerprint density at radius 2 is 1.08 bits per heavy atom. The Labute approximate surface area is 157 Å². The number of aliphatic hydroxyl groups excluding tert-OH is 2. The van der Waals surface area contributed by atoms with Gasteiger partial charge in [0.25, 0.3) is 0 Å². The Hall–Kier alpha value is -1.72. The molecule has 2 aliphatic rings. The SMILES string of the molecule is CCC(=O)C1=C(O)CCCC1=O.CCC(=O)C1=C(O)CCCC1=O.[Cu]. The van der Waals surface area contributed by atoms with Crippen molar-refractivity contribution in [2.45, 2.75) is 65.2 Å². The zero-order valence-electron chi connectivity index (χ0n) is 14.5. The molecule has 0 heterocycles. The van der Waals surface area contributed by atoms with Gasteiger partial charge in [-0.1, -0.05) is 13.8 Å². The summed E-state index contributed by atoms with van der Waals surface area (Å²) in [5, 5.41) is 18.6. The second-order valence-corrected chi connectivity index (χ2v) is 5.75. The van der Waals surface area contributed by atoms with Crippen LogP contribution in [0, 0.1) is 0 Å². The van der Waals surface area contributed by atoms with Crippen molar-refractivity contribution in [3.05, 3.63) is 22.7 Å². The molecular formula is C18H24CuO6. The van der Waals surface area contributed by atoms with Crippen LogP contribution in [-0.4, -0.2) is 33.3 Å². The molecule has 2 aliphatic carbocycles. The van der Waals surface area contributed by atoms with Gasteiger partial charge in [-0.25, -0.2) is 0 Å². The average Bonchev–Trinajstić information content (AvgIpc) is 2.54. The summed E-state index contributed by atoms with van der Waals surface area (Å²) in [7, 11) is 0. The van der Waals surface area contributed by atoms with Crippen LogP contribution in [0.2, 0.25) is 0 Å². The predicted molar refractivity (Wildman–Crippen MR) is 87.6 cm³/mol. The third kappa shape index (κ3) is 6.25. The van der Waals surface area contributed by atoms with E-state index in [0.717, 1.165) is 0 Å². The zero-order chi connectivity index (χ0) is 18.3. The average molecular weight is 400 g/mol. The van der Waals surface area contributed by atoms with Crippen molar-refractivity contribution in [1.82, 2.24) is 0 Å². The summed E-state index contributed by atoms with van der Waals surface area (Å²) in [5.41, 5.74) is 0.0903. The first-order valence-electron chi connectivity index (χ1n) is 8.30. The fraction of sp³-hybridized carbons (Fsp3) is 0.556. The van der Waals surface area contributed by atoms with E-state index in [9.17, 15) is 29.4 Å². The molecule has 0 amide bonds. The summed E-state index contributed by atoms with van der Waals surface area (Å²) in [6.07, 6.45) is 3.60. The van der Waals surface area contributed by atoms with Crippen LogP contribution >= 0.6 is 0 Å². The van der Waals surface area contributed by atoms with Gasteiger partial charge in [-0.05, 0) is 12.8 Å². The molecule has 0 aromatic heterocycles. The molecule has 0 aliphatic heterocycles.